The molecule has 0 saturated carbocycles. The minimum Gasteiger partial charge on any atom is -0.381 e. The topological polar surface area (TPSA) is 21.3 Å². The molecule has 0 aliphatic rings. The van der Waals surface area contributed by atoms with Gasteiger partial charge in [0, 0.05) is 19.8 Å². The summed E-state index contributed by atoms with van der Waals surface area (Å²) in [5.74, 6) is 0.558. The zero-order chi connectivity index (χ0) is 13.2. The molecule has 0 aliphatic heterocycles. The third-order valence-corrected chi connectivity index (χ3v) is 3.23. The van der Waals surface area contributed by atoms with E-state index in [1.165, 1.54) is 11.1 Å². The van der Waals surface area contributed by atoms with Crippen molar-refractivity contribution in [2.75, 3.05) is 26.3 Å². The summed E-state index contributed by atoms with van der Waals surface area (Å²) in [4.78, 5) is 0. The van der Waals surface area contributed by atoms with Gasteiger partial charge in [0.2, 0.25) is 0 Å². The molecule has 1 aromatic rings. The Morgan fingerprint density at radius 3 is 2.61 bits per heavy atom. The van der Waals surface area contributed by atoms with Crippen molar-refractivity contribution in [3.63, 3.8) is 0 Å². The molecule has 1 aromatic carbocycles. The highest BCUT2D eigenvalue weighted by Gasteiger charge is 2.12. The van der Waals surface area contributed by atoms with E-state index in [1.54, 1.807) is 0 Å². The normalized spacial score (nSPS) is 12.6. The Morgan fingerprint density at radius 2 is 1.94 bits per heavy atom. The number of likely N-dealkylation sites (N-methyl/N-ethyl adjacent to an activating group) is 1. The number of nitrogens with one attached hydrogen (secondary N) is 1. The van der Waals surface area contributed by atoms with Gasteiger partial charge in [-0.25, -0.2) is 0 Å². The van der Waals surface area contributed by atoms with Crippen LogP contribution in [0.3, 0.4) is 0 Å². The van der Waals surface area contributed by atoms with Gasteiger partial charge in [0.1, 0.15) is 0 Å². The van der Waals surface area contributed by atoms with E-state index in [0.29, 0.717) is 5.92 Å². The molecular formula is C16H27NO. The molecule has 2 nitrogen and oxygen atoms in total. The van der Waals surface area contributed by atoms with Gasteiger partial charge in [-0.05, 0) is 43.4 Å². The number of rotatable bonds is 9. The lowest BCUT2D eigenvalue weighted by atomic mass is 9.92. The monoisotopic (exact) mass is 249 g/mol. The van der Waals surface area contributed by atoms with Gasteiger partial charge in [-0.3, -0.25) is 0 Å². The van der Waals surface area contributed by atoms with Crippen LogP contribution < -0.4 is 5.32 Å². The first-order chi connectivity index (χ1) is 8.79. The van der Waals surface area contributed by atoms with Crippen molar-refractivity contribution in [3.05, 3.63) is 35.4 Å². The molecule has 1 rings (SSSR count). The van der Waals surface area contributed by atoms with Crippen molar-refractivity contribution in [1.82, 2.24) is 5.32 Å². The lowest BCUT2D eigenvalue weighted by Crippen LogP contribution is -2.23. The van der Waals surface area contributed by atoms with Gasteiger partial charge >= 0.3 is 0 Å². The van der Waals surface area contributed by atoms with Gasteiger partial charge in [-0.2, -0.15) is 0 Å². The van der Waals surface area contributed by atoms with Crippen LogP contribution in [0.25, 0.3) is 0 Å². The Labute approximate surface area is 112 Å². The van der Waals surface area contributed by atoms with E-state index >= 15 is 0 Å². The molecule has 102 valence electrons. The molecule has 0 fully saturated rings. The molecule has 1 atom stereocenters. The van der Waals surface area contributed by atoms with E-state index in [0.717, 1.165) is 39.1 Å². The van der Waals surface area contributed by atoms with E-state index in [2.05, 4.69) is 50.4 Å². The lowest BCUT2D eigenvalue weighted by molar-refractivity contribution is 0.127. The van der Waals surface area contributed by atoms with Gasteiger partial charge in [0.25, 0.3) is 0 Å². The summed E-state index contributed by atoms with van der Waals surface area (Å²) in [5.41, 5.74) is 2.84. The van der Waals surface area contributed by atoms with E-state index in [-0.39, 0.29) is 0 Å². The second kappa shape index (κ2) is 9.12. The highest BCUT2D eigenvalue weighted by molar-refractivity contribution is 5.29. The summed E-state index contributed by atoms with van der Waals surface area (Å²) >= 11 is 0. The molecule has 0 heterocycles. The quantitative estimate of drug-likeness (QED) is 0.676. The maximum absolute atomic E-state index is 5.63. The molecule has 0 aromatic heterocycles. The number of aryl methyl sites for hydroxylation is 1. The summed E-state index contributed by atoms with van der Waals surface area (Å²) < 4.78 is 5.63. The van der Waals surface area contributed by atoms with Crippen LogP contribution in [-0.2, 0) is 4.74 Å². The molecule has 18 heavy (non-hydrogen) atoms. The smallest absolute Gasteiger partial charge is 0.0472 e. The van der Waals surface area contributed by atoms with Gasteiger partial charge in [-0.15, -0.1) is 0 Å². The van der Waals surface area contributed by atoms with Crippen molar-refractivity contribution < 1.29 is 4.74 Å². The van der Waals surface area contributed by atoms with Gasteiger partial charge in [0.05, 0.1) is 0 Å². The molecule has 0 saturated heterocycles. The maximum atomic E-state index is 5.63. The minimum atomic E-state index is 0.558. The Hall–Kier alpha value is -0.860. The average Bonchev–Trinajstić information content (AvgIpc) is 2.39. The van der Waals surface area contributed by atoms with Crippen LogP contribution in [0.1, 0.15) is 43.7 Å². The molecular weight excluding hydrogens is 222 g/mol. The summed E-state index contributed by atoms with van der Waals surface area (Å²) in [7, 11) is 0. The van der Waals surface area contributed by atoms with E-state index in [4.69, 9.17) is 4.74 Å². The fourth-order valence-electron chi connectivity index (χ4n) is 2.20. The molecule has 0 spiro atoms. The number of benzene rings is 1. The minimum absolute atomic E-state index is 0.558. The fourth-order valence-corrected chi connectivity index (χ4v) is 2.20. The summed E-state index contributed by atoms with van der Waals surface area (Å²) in [6.07, 6.45) is 2.19. The standard InChI is InChI=1S/C16H27NO/c1-4-11-18-12-10-15(13-17-5-2)16-9-7-6-8-14(16)3/h6-9,15,17H,4-5,10-13H2,1-3H3. The zero-order valence-corrected chi connectivity index (χ0v) is 12.0. The largest absolute Gasteiger partial charge is 0.381 e. The molecule has 0 radical (unpaired) electrons. The molecule has 2 heteroatoms. The molecule has 1 unspecified atom stereocenters. The van der Waals surface area contributed by atoms with Crippen molar-refractivity contribution in [2.24, 2.45) is 0 Å². The van der Waals surface area contributed by atoms with Crippen LogP contribution in [0.5, 0.6) is 0 Å². The second-order valence-electron chi connectivity index (χ2n) is 4.76. The van der Waals surface area contributed by atoms with Crippen LogP contribution in [0.15, 0.2) is 24.3 Å². The predicted molar refractivity (Wildman–Crippen MR) is 78.2 cm³/mol. The van der Waals surface area contributed by atoms with E-state index in [1.807, 2.05) is 0 Å². The first-order valence-electron chi connectivity index (χ1n) is 7.13. The molecule has 1 N–H and O–H groups in total. The lowest BCUT2D eigenvalue weighted by Gasteiger charge is -2.19. The Kier molecular flexibility index (Phi) is 7.70. The van der Waals surface area contributed by atoms with Crippen LogP contribution in [-0.4, -0.2) is 26.3 Å². The van der Waals surface area contributed by atoms with Crippen molar-refractivity contribution in [3.8, 4) is 0 Å². The molecule has 0 aliphatic carbocycles. The van der Waals surface area contributed by atoms with Gasteiger partial charge in [0.15, 0.2) is 0 Å². The zero-order valence-electron chi connectivity index (χ0n) is 12.0. The first kappa shape index (κ1) is 15.2. The summed E-state index contributed by atoms with van der Waals surface area (Å²) in [6.45, 7) is 10.3. The van der Waals surface area contributed by atoms with Gasteiger partial charge in [-0.1, -0.05) is 38.1 Å². The maximum Gasteiger partial charge on any atom is 0.0472 e. The molecule has 0 bridgehead atoms. The van der Waals surface area contributed by atoms with Crippen molar-refractivity contribution >= 4 is 0 Å². The predicted octanol–water partition coefficient (Wildman–Crippen LogP) is 3.50. The Balaban J connectivity index is 2.57. The SMILES string of the molecule is CCCOCCC(CNCC)c1ccccc1C. The highest BCUT2D eigenvalue weighted by Crippen LogP contribution is 2.22. The molecule has 0 amide bonds. The average molecular weight is 249 g/mol. The van der Waals surface area contributed by atoms with Crippen LogP contribution >= 0.6 is 0 Å². The number of hydrogen-bond donors (Lipinski definition) is 1. The van der Waals surface area contributed by atoms with E-state index < -0.39 is 0 Å². The Morgan fingerprint density at radius 1 is 1.17 bits per heavy atom. The summed E-state index contributed by atoms with van der Waals surface area (Å²) in [5, 5.41) is 3.46. The van der Waals surface area contributed by atoms with E-state index in [9.17, 15) is 0 Å². The van der Waals surface area contributed by atoms with Crippen LogP contribution in [0.2, 0.25) is 0 Å². The Bertz CT molecular complexity index is 325. The number of ether oxygens (including phenoxy) is 1. The van der Waals surface area contributed by atoms with Crippen molar-refractivity contribution in [2.45, 2.75) is 39.5 Å². The highest BCUT2D eigenvalue weighted by atomic mass is 16.5. The van der Waals surface area contributed by atoms with Gasteiger partial charge < -0.3 is 10.1 Å². The van der Waals surface area contributed by atoms with Crippen LogP contribution in [0.4, 0.5) is 0 Å². The fraction of sp³-hybridized carbons (Fsp3) is 0.625. The first-order valence-corrected chi connectivity index (χ1v) is 7.13. The number of hydrogen-bond acceptors (Lipinski definition) is 2. The third kappa shape index (κ3) is 5.19. The second-order valence-corrected chi connectivity index (χ2v) is 4.76. The third-order valence-electron chi connectivity index (χ3n) is 3.23. The summed E-state index contributed by atoms with van der Waals surface area (Å²) in [6, 6.07) is 8.68. The van der Waals surface area contributed by atoms with Crippen molar-refractivity contribution in [1.29, 1.82) is 0 Å². The van der Waals surface area contributed by atoms with Crippen LogP contribution in [0, 0.1) is 6.92 Å².